The average Bonchev–Trinajstić information content (AvgIpc) is 3.65. The van der Waals surface area contributed by atoms with Gasteiger partial charge in [0.1, 0.15) is 19.4 Å². The zero-order valence-electron chi connectivity index (χ0n) is 29.2. The van der Waals surface area contributed by atoms with Crippen LogP contribution in [0.3, 0.4) is 0 Å². The number of nitrogens with one attached hydrogen (secondary N) is 2. The van der Waals surface area contributed by atoms with E-state index in [-0.39, 0.29) is 76.6 Å². The van der Waals surface area contributed by atoms with Crippen molar-refractivity contribution in [3.8, 4) is 0 Å². The van der Waals surface area contributed by atoms with Crippen LogP contribution < -0.4 is 5.32 Å². The van der Waals surface area contributed by atoms with Crippen molar-refractivity contribution in [3.05, 3.63) is 36.0 Å². The van der Waals surface area contributed by atoms with Crippen molar-refractivity contribution in [2.75, 3.05) is 67.1 Å². The minimum atomic E-state index is -0.983. The maximum Gasteiger partial charge on any atom is 0.333 e. The first-order valence-corrected chi connectivity index (χ1v) is 16.7. The Morgan fingerprint density at radius 3 is 1.88 bits per heavy atom. The number of imide groups is 1. The van der Waals surface area contributed by atoms with Crippen LogP contribution in [0.1, 0.15) is 56.9 Å². The Kier molecular flexibility index (Phi) is 21.4. The summed E-state index contributed by atoms with van der Waals surface area (Å²) in [4.78, 5) is 76.7. The lowest BCUT2D eigenvalue weighted by Gasteiger charge is -2.12. The number of aromatic nitrogens is 1. The molecule has 284 valence electrons. The highest BCUT2D eigenvalue weighted by Gasteiger charge is 2.32. The van der Waals surface area contributed by atoms with Crippen LogP contribution in [0.25, 0.3) is 10.9 Å². The van der Waals surface area contributed by atoms with Gasteiger partial charge in [-0.3, -0.25) is 24.0 Å². The number of carbonyl (C=O) groups is 6. The van der Waals surface area contributed by atoms with Crippen molar-refractivity contribution in [1.29, 1.82) is 0 Å². The Hall–Kier alpha value is -4.42. The van der Waals surface area contributed by atoms with Gasteiger partial charge in [-0.15, -0.1) is 5.06 Å². The lowest BCUT2D eigenvalue weighted by Crippen LogP contribution is -2.36. The van der Waals surface area contributed by atoms with E-state index in [1.165, 1.54) is 0 Å². The molecule has 1 aromatic carbocycles. The second-order valence-corrected chi connectivity index (χ2v) is 11.1. The highest BCUT2D eigenvalue weighted by molar-refractivity contribution is 6.01. The van der Waals surface area contributed by atoms with Gasteiger partial charge in [-0.05, 0) is 24.5 Å². The van der Waals surface area contributed by atoms with Gasteiger partial charge in [-0.1, -0.05) is 18.2 Å². The predicted octanol–water partition coefficient (Wildman–Crippen LogP) is 1.49. The van der Waals surface area contributed by atoms with E-state index in [2.05, 4.69) is 15.1 Å². The second kappa shape index (κ2) is 25.5. The molecule has 2 heterocycles. The summed E-state index contributed by atoms with van der Waals surface area (Å²) in [5, 5.41) is 14.2. The van der Waals surface area contributed by atoms with E-state index in [0.29, 0.717) is 50.9 Å². The lowest BCUT2D eigenvalue weighted by atomic mass is 10.1. The van der Waals surface area contributed by atoms with Crippen LogP contribution in [0, 0.1) is 0 Å². The molecule has 1 aromatic heterocycles. The normalized spacial score (nSPS) is 13.0. The van der Waals surface area contributed by atoms with Crippen LogP contribution >= 0.6 is 0 Å². The Morgan fingerprint density at radius 2 is 1.29 bits per heavy atom. The van der Waals surface area contributed by atoms with Gasteiger partial charge in [0.05, 0.1) is 39.6 Å². The van der Waals surface area contributed by atoms with Gasteiger partial charge in [0, 0.05) is 76.3 Å². The van der Waals surface area contributed by atoms with E-state index in [4.69, 9.17) is 28.4 Å². The number of aliphatic hydroxyl groups is 1. The van der Waals surface area contributed by atoms with Crippen LogP contribution in [0.2, 0.25) is 0 Å². The summed E-state index contributed by atoms with van der Waals surface area (Å²) >= 11 is 0. The molecule has 0 spiro atoms. The number of hydrogen-bond donors (Lipinski definition) is 3. The highest BCUT2D eigenvalue weighted by atomic mass is 16.7. The van der Waals surface area contributed by atoms with Gasteiger partial charge < -0.3 is 48.7 Å². The number of rotatable bonds is 24. The third-order valence-electron chi connectivity index (χ3n) is 7.01. The number of aliphatic hydroxyl groups excluding tert-OH is 1. The summed E-state index contributed by atoms with van der Waals surface area (Å²) in [6.07, 6.45) is 2.04. The summed E-state index contributed by atoms with van der Waals surface area (Å²) in [5.74, 6) is -2.93. The fraction of sp³-hybridized carbons (Fsp3) is 0.588. The number of aromatic amines is 1. The van der Waals surface area contributed by atoms with Crippen LogP contribution in [-0.2, 0) is 68.4 Å². The first-order chi connectivity index (χ1) is 24.6. The first-order valence-electron chi connectivity index (χ1n) is 16.7. The summed E-state index contributed by atoms with van der Waals surface area (Å²) in [5.41, 5.74) is 1.92. The van der Waals surface area contributed by atoms with Crippen LogP contribution in [-0.4, -0.2) is 124 Å². The maximum absolute atomic E-state index is 11.9. The SMILES string of the molecule is COCCOCCOC(=O)CCCC(=O)NC(O)Cc1c[nH]c2ccccc12.COCCOCCOC(=O)CCCC(=O)ON1C(=O)CCC1=O. The molecule has 1 saturated heterocycles. The number of amides is 3. The molecule has 0 aliphatic carbocycles. The number of hydrogen-bond acceptors (Lipinski definition) is 14. The lowest BCUT2D eigenvalue weighted by molar-refractivity contribution is -0.197. The molecule has 0 radical (unpaired) electrons. The number of esters is 2. The second-order valence-electron chi connectivity index (χ2n) is 11.1. The highest BCUT2D eigenvalue weighted by Crippen LogP contribution is 2.19. The Labute approximate surface area is 296 Å². The minimum Gasteiger partial charge on any atom is -0.463 e. The molecule has 51 heavy (non-hydrogen) atoms. The molecule has 17 nitrogen and oxygen atoms in total. The van der Waals surface area contributed by atoms with Crippen molar-refractivity contribution in [2.45, 2.75) is 64.0 Å². The first kappa shape index (κ1) is 42.7. The van der Waals surface area contributed by atoms with Crippen LogP contribution in [0.5, 0.6) is 0 Å². The summed E-state index contributed by atoms with van der Waals surface area (Å²) in [6.45, 7) is 2.74. The van der Waals surface area contributed by atoms with E-state index in [9.17, 15) is 33.9 Å². The van der Waals surface area contributed by atoms with E-state index < -0.39 is 30.0 Å². The zero-order chi connectivity index (χ0) is 37.3. The molecule has 0 bridgehead atoms. The standard InChI is InChI=1S/C20H28N2O6.C14H21NO8/c1-26-9-10-27-11-12-28-20(25)8-4-7-18(23)22-19(24)13-15-14-21-17-6-3-2-5-16(15)17;1-20-7-8-21-9-10-22-13(18)3-2-4-14(19)23-15-11(16)5-6-12(15)17/h2-3,5-6,14,19,21,24H,4,7-13H2,1H3,(H,22,23);2-10H2,1H3. The number of ether oxygens (including phenoxy) is 6. The van der Waals surface area contributed by atoms with E-state index >= 15 is 0 Å². The topological polar surface area (TPSA) is 218 Å². The molecule has 0 saturated carbocycles. The molecule has 1 aliphatic rings. The molecule has 1 unspecified atom stereocenters. The molecular formula is C34H49N3O14. The molecule has 3 rings (SSSR count). The minimum absolute atomic E-state index is 0.0368. The third kappa shape index (κ3) is 18.4. The number of hydroxylamine groups is 2. The maximum atomic E-state index is 11.9. The van der Waals surface area contributed by atoms with Crippen molar-refractivity contribution >= 4 is 46.5 Å². The van der Waals surface area contributed by atoms with E-state index in [1.54, 1.807) is 14.2 Å². The Morgan fingerprint density at radius 1 is 0.765 bits per heavy atom. The molecule has 1 atom stereocenters. The fourth-order valence-electron chi connectivity index (χ4n) is 4.46. The largest absolute Gasteiger partial charge is 0.463 e. The summed E-state index contributed by atoms with van der Waals surface area (Å²) < 4.78 is 29.8. The van der Waals surface area contributed by atoms with Crippen molar-refractivity contribution in [2.24, 2.45) is 0 Å². The van der Waals surface area contributed by atoms with E-state index in [1.807, 2.05) is 30.5 Å². The molecule has 17 heteroatoms. The molecule has 2 aromatic rings. The van der Waals surface area contributed by atoms with Gasteiger partial charge in [0.25, 0.3) is 11.8 Å². The molecule has 3 amide bonds. The smallest absolute Gasteiger partial charge is 0.333 e. The molecule has 3 N–H and O–H groups in total. The van der Waals surface area contributed by atoms with Crippen LogP contribution in [0.15, 0.2) is 30.5 Å². The number of carbonyl (C=O) groups excluding carboxylic acids is 6. The number of H-pyrrole nitrogens is 1. The Bertz CT molecular complexity index is 1370. The summed E-state index contributed by atoms with van der Waals surface area (Å²) in [6, 6.07) is 7.77. The van der Waals surface area contributed by atoms with Gasteiger partial charge in [0.2, 0.25) is 5.91 Å². The Balaban J connectivity index is 0.000000361. The van der Waals surface area contributed by atoms with E-state index in [0.717, 1.165) is 16.5 Å². The van der Waals surface area contributed by atoms with Gasteiger partial charge in [0.15, 0.2) is 0 Å². The summed E-state index contributed by atoms with van der Waals surface area (Å²) in [7, 11) is 3.14. The molecule has 1 fully saturated rings. The average molecular weight is 724 g/mol. The fourth-order valence-corrected chi connectivity index (χ4v) is 4.46. The van der Waals surface area contributed by atoms with Gasteiger partial charge in [-0.2, -0.15) is 0 Å². The number of para-hydroxylation sites is 1. The number of fused-ring (bicyclic) bond motifs is 1. The monoisotopic (exact) mass is 723 g/mol. The predicted molar refractivity (Wildman–Crippen MR) is 178 cm³/mol. The van der Waals surface area contributed by atoms with Gasteiger partial charge in [-0.25, -0.2) is 4.79 Å². The number of benzene rings is 1. The number of nitrogens with zero attached hydrogens (tertiary/aromatic N) is 1. The van der Waals surface area contributed by atoms with Crippen molar-refractivity contribution < 1.29 is 67.1 Å². The molecular weight excluding hydrogens is 674 g/mol. The quantitative estimate of drug-likeness (QED) is 0.0605. The van der Waals surface area contributed by atoms with Crippen molar-refractivity contribution in [1.82, 2.24) is 15.4 Å². The van der Waals surface area contributed by atoms with Gasteiger partial charge >= 0.3 is 17.9 Å². The third-order valence-corrected chi connectivity index (χ3v) is 7.01. The molecule has 1 aliphatic heterocycles. The van der Waals surface area contributed by atoms with Crippen molar-refractivity contribution in [3.63, 3.8) is 0 Å². The van der Waals surface area contributed by atoms with Crippen LogP contribution in [0.4, 0.5) is 0 Å². The zero-order valence-corrected chi connectivity index (χ0v) is 29.2. The number of methoxy groups -OCH3 is 2.